The van der Waals surface area contributed by atoms with E-state index >= 15 is 0 Å². The summed E-state index contributed by atoms with van der Waals surface area (Å²) in [6.07, 6.45) is 5.61. The van der Waals surface area contributed by atoms with Crippen molar-refractivity contribution in [1.82, 2.24) is 10.2 Å². The summed E-state index contributed by atoms with van der Waals surface area (Å²) < 4.78 is 0. The second-order valence-corrected chi connectivity index (χ2v) is 6.14. The van der Waals surface area contributed by atoms with Crippen LogP contribution in [0.5, 0.6) is 0 Å². The molecule has 1 aromatic carbocycles. The highest BCUT2D eigenvalue weighted by atomic mass is 35.5. The van der Waals surface area contributed by atoms with E-state index in [1.165, 1.54) is 18.6 Å². The Bertz CT molecular complexity index is 557. The molecule has 0 aliphatic heterocycles. The van der Waals surface area contributed by atoms with Crippen LogP contribution in [-0.2, 0) is 0 Å². The molecule has 0 bridgehead atoms. The first-order valence-electron chi connectivity index (χ1n) is 7.65. The molecule has 6 nitrogen and oxygen atoms in total. The van der Waals surface area contributed by atoms with Crippen molar-refractivity contribution in [1.29, 1.82) is 0 Å². The number of rotatable bonds is 5. The number of nitrogens with zero attached hydrogens (tertiary/aromatic N) is 2. The van der Waals surface area contributed by atoms with Gasteiger partial charge in [-0.15, -0.1) is 12.4 Å². The van der Waals surface area contributed by atoms with Gasteiger partial charge in [-0.1, -0.05) is 31.4 Å². The summed E-state index contributed by atoms with van der Waals surface area (Å²) in [5.41, 5.74) is -0.0722. The molecule has 7 heteroatoms. The first kappa shape index (κ1) is 19.4. The zero-order chi connectivity index (χ0) is 16.2. The normalized spacial score (nSPS) is 16.5. The minimum absolute atomic E-state index is 0. The third-order valence-electron chi connectivity index (χ3n) is 4.66. The largest absolute Gasteiger partial charge is 0.350 e. The molecule has 0 atom stereocenters. The van der Waals surface area contributed by atoms with Crippen LogP contribution < -0.4 is 5.32 Å². The van der Waals surface area contributed by atoms with Crippen molar-refractivity contribution < 1.29 is 9.72 Å². The van der Waals surface area contributed by atoms with E-state index in [1.807, 2.05) is 14.1 Å². The van der Waals surface area contributed by atoms with Crippen LogP contribution >= 0.6 is 12.4 Å². The molecule has 1 amide bonds. The molecule has 0 heterocycles. The van der Waals surface area contributed by atoms with Gasteiger partial charge in [-0.2, -0.15) is 0 Å². The fraction of sp³-hybridized carbons (Fsp3) is 0.562. The van der Waals surface area contributed by atoms with Crippen molar-refractivity contribution in [3.8, 4) is 0 Å². The molecule has 23 heavy (non-hydrogen) atoms. The maximum Gasteiger partial charge on any atom is 0.282 e. The summed E-state index contributed by atoms with van der Waals surface area (Å²) >= 11 is 0. The van der Waals surface area contributed by atoms with Gasteiger partial charge in [0.25, 0.3) is 11.6 Å². The zero-order valence-corrected chi connectivity index (χ0v) is 14.4. The van der Waals surface area contributed by atoms with Crippen molar-refractivity contribution in [3.63, 3.8) is 0 Å². The molecule has 1 fully saturated rings. The summed E-state index contributed by atoms with van der Waals surface area (Å²) in [7, 11) is 4.06. The van der Waals surface area contributed by atoms with Gasteiger partial charge in [0.1, 0.15) is 5.56 Å². The molecule has 0 unspecified atom stereocenters. The predicted octanol–water partition coefficient (Wildman–Crippen LogP) is 3.01. The van der Waals surface area contributed by atoms with E-state index in [1.54, 1.807) is 12.1 Å². The molecule has 0 aromatic heterocycles. The first-order chi connectivity index (χ1) is 10.5. The Morgan fingerprint density at radius 1 is 1.26 bits per heavy atom. The van der Waals surface area contributed by atoms with Gasteiger partial charge in [0.15, 0.2) is 0 Å². The Morgan fingerprint density at radius 2 is 1.87 bits per heavy atom. The van der Waals surface area contributed by atoms with Crippen molar-refractivity contribution in [3.05, 3.63) is 39.9 Å². The SMILES string of the molecule is CN(C)C1(CNC(=O)c2ccccc2[N+](=O)[O-])CCCCC1.Cl. The second kappa shape index (κ2) is 8.26. The van der Waals surface area contributed by atoms with Crippen LogP contribution in [0.1, 0.15) is 42.5 Å². The average molecular weight is 342 g/mol. The molecular formula is C16H24ClN3O3. The van der Waals surface area contributed by atoms with Gasteiger partial charge in [0.05, 0.1) is 4.92 Å². The van der Waals surface area contributed by atoms with Crippen molar-refractivity contribution in [2.24, 2.45) is 0 Å². The highest BCUT2D eigenvalue weighted by molar-refractivity contribution is 5.98. The van der Waals surface area contributed by atoms with Gasteiger partial charge in [-0.05, 0) is 33.0 Å². The summed E-state index contributed by atoms with van der Waals surface area (Å²) in [6, 6.07) is 6.06. The Labute approximate surface area is 142 Å². The number of hydrogen-bond donors (Lipinski definition) is 1. The van der Waals surface area contributed by atoms with Crippen molar-refractivity contribution >= 4 is 24.0 Å². The highest BCUT2D eigenvalue weighted by Crippen LogP contribution is 2.31. The number of carbonyl (C=O) groups excluding carboxylic acids is 1. The van der Waals surface area contributed by atoms with Gasteiger partial charge >= 0.3 is 0 Å². The Kier molecular flexibility index (Phi) is 6.97. The second-order valence-electron chi connectivity index (χ2n) is 6.14. The quantitative estimate of drug-likeness (QED) is 0.659. The first-order valence-corrected chi connectivity index (χ1v) is 7.65. The smallest absolute Gasteiger partial charge is 0.282 e. The fourth-order valence-electron chi connectivity index (χ4n) is 3.16. The lowest BCUT2D eigenvalue weighted by Crippen LogP contribution is -2.53. The zero-order valence-electron chi connectivity index (χ0n) is 13.6. The summed E-state index contributed by atoms with van der Waals surface area (Å²) in [6.45, 7) is 0.519. The number of amides is 1. The molecule has 2 rings (SSSR count). The van der Waals surface area contributed by atoms with Crippen LogP contribution in [0.15, 0.2) is 24.3 Å². The van der Waals surface area contributed by atoms with E-state index in [-0.39, 0.29) is 35.1 Å². The van der Waals surface area contributed by atoms with Crippen LogP contribution in [0.3, 0.4) is 0 Å². The lowest BCUT2D eigenvalue weighted by Gasteiger charge is -2.43. The molecule has 0 spiro atoms. The highest BCUT2D eigenvalue weighted by Gasteiger charge is 2.34. The van der Waals surface area contributed by atoms with E-state index in [0.717, 1.165) is 25.7 Å². The lowest BCUT2D eigenvalue weighted by atomic mass is 9.80. The number of hydrogen-bond acceptors (Lipinski definition) is 4. The summed E-state index contributed by atoms with van der Waals surface area (Å²) in [5, 5.41) is 13.9. The van der Waals surface area contributed by atoms with Gasteiger partial charge in [-0.3, -0.25) is 14.9 Å². The Hall–Kier alpha value is -1.66. The Morgan fingerprint density at radius 3 is 2.43 bits per heavy atom. The van der Waals surface area contributed by atoms with Crippen LogP contribution in [-0.4, -0.2) is 41.9 Å². The van der Waals surface area contributed by atoms with Crippen LogP contribution in [0, 0.1) is 10.1 Å². The molecule has 1 N–H and O–H groups in total. The van der Waals surface area contributed by atoms with E-state index in [4.69, 9.17) is 0 Å². The van der Waals surface area contributed by atoms with Crippen molar-refractivity contribution in [2.75, 3.05) is 20.6 Å². The van der Waals surface area contributed by atoms with Crippen molar-refractivity contribution in [2.45, 2.75) is 37.6 Å². The lowest BCUT2D eigenvalue weighted by molar-refractivity contribution is -0.385. The topological polar surface area (TPSA) is 75.5 Å². The van der Waals surface area contributed by atoms with Gasteiger partial charge in [-0.25, -0.2) is 0 Å². The standard InChI is InChI=1S/C16H23N3O3.ClH/c1-18(2)16(10-6-3-7-11-16)12-17-15(20)13-8-4-5-9-14(13)19(21)22;/h4-5,8-9H,3,6-7,10-12H2,1-2H3,(H,17,20);1H. The number of carbonyl (C=O) groups is 1. The number of nitro benzene ring substituents is 1. The van der Waals surface area contributed by atoms with E-state index in [0.29, 0.717) is 6.54 Å². The maximum atomic E-state index is 12.3. The van der Waals surface area contributed by atoms with Crippen LogP contribution in [0.2, 0.25) is 0 Å². The third kappa shape index (κ3) is 4.42. The molecule has 0 radical (unpaired) electrons. The molecule has 1 aliphatic carbocycles. The number of nitrogens with one attached hydrogen (secondary N) is 1. The monoisotopic (exact) mass is 341 g/mol. The molecule has 1 aromatic rings. The summed E-state index contributed by atoms with van der Waals surface area (Å²) in [4.78, 5) is 25.0. The minimum Gasteiger partial charge on any atom is -0.350 e. The number of benzene rings is 1. The predicted molar refractivity (Wildman–Crippen MR) is 92.2 cm³/mol. The Balaban J connectivity index is 0.00000264. The third-order valence-corrected chi connectivity index (χ3v) is 4.66. The van der Waals surface area contributed by atoms with Gasteiger partial charge in [0, 0.05) is 18.2 Å². The molecular weight excluding hydrogens is 318 g/mol. The van der Waals surface area contributed by atoms with E-state index in [9.17, 15) is 14.9 Å². The number of halogens is 1. The van der Waals surface area contributed by atoms with Crippen LogP contribution in [0.25, 0.3) is 0 Å². The number of para-hydroxylation sites is 1. The molecule has 128 valence electrons. The van der Waals surface area contributed by atoms with Crippen LogP contribution in [0.4, 0.5) is 5.69 Å². The van der Waals surface area contributed by atoms with E-state index < -0.39 is 4.92 Å². The maximum absolute atomic E-state index is 12.3. The summed E-state index contributed by atoms with van der Waals surface area (Å²) in [5.74, 6) is -0.376. The van der Waals surface area contributed by atoms with E-state index in [2.05, 4.69) is 10.2 Å². The van der Waals surface area contributed by atoms with Gasteiger partial charge in [0.2, 0.25) is 0 Å². The number of likely N-dealkylation sites (N-methyl/N-ethyl adjacent to an activating group) is 1. The van der Waals surface area contributed by atoms with Gasteiger partial charge < -0.3 is 10.2 Å². The molecule has 0 saturated heterocycles. The fourth-order valence-corrected chi connectivity index (χ4v) is 3.16. The minimum atomic E-state index is -0.517. The average Bonchev–Trinajstić information content (AvgIpc) is 2.53. The molecule has 1 aliphatic rings. The number of nitro groups is 1. The molecule has 1 saturated carbocycles.